The smallest absolute Gasteiger partial charge is 0.241 e. The van der Waals surface area contributed by atoms with Gasteiger partial charge in [0.2, 0.25) is 5.91 Å². The molecule has 2 aromatic carbocycles. The van der Waals surface area contributed by atoms with E-state index in [4.69, 9.17) is 0 Å². The van der Waals surface area contributed by atoms with Crippen LogP contribution in [0.15, 0.2) is 72.1 Å². The van der Waals surface area contributed by atoms with E-state index in [2.05, 4.69) is 23.5 Å². The lowest BCUT2D eigenvalue weighted by Gasteiger charge is -2.18. The molecule has 0 aliphatic heterocycles. The molecule has 0 saturated heterocycles. The molecule has 0 atom stereocenters. The van der Waals surface area contributed by atoms with Crippen LogP contribution in [0, 0.1) is 0 Å². The molecule has 3 nitrogen and oxygen atoms in total. The Balaban J connectivity index is 1.65. The number of nitrogens with one attached hydrogen (secondary N) is 1. The highest BCUT2D eigenvalue weighted by atomic mass is 32.1. The van der Waals surface area contributed by atoms with Gasteiger partial charge in [-0.05, 0) is 23.1 Å². The zero-order valence-corrected chi connectivity index (χ0v) is 14.4. The zero-order valence-electron chi connectivity index (χ0n) is 13.6. The van der Waals surface area contributed by atoms with Crippen LogP contribution in [0.1, 0.15) is 4.88 Å². The minimum Gasteiger partial charge on any atom is -0.376 e. The Morgan fingerprint density at radius 1 is 1.00 bits per heavy atom. The van der Waals surface area contributed by atoms with E-state index in [1.807, 2.05) is 61.0 Å². The first-order valence-corrected chi connectivity index (χ1v) is 8.76. The number of carbonyl (C=O) groups is 1. The number of nitrogens with zero attached hydrogens (tertiary/aromatic N) is 1. The van der Waals surface area contributed by atoms with Gasteiger partial charge in [-0.25, -0.2) is 0 Å². The topological polar surface area (TPSA) is 32.3 Å². The van der Waals surface area contributed by atoms with Crippen molar-refractivity contribution in [2.45, 2.75) is 6.54 Å². The summed E-state index contributed by atoms with van der Waals surface area (Å²) in [5.74, 6) is 0.0752. The Morgan fingerprint density at radius 2 is 1.75 bits per heavy atom. The molecule has 3 aromatic rings. The van der Waals surface area contributed by atoms with E-state index in [-0.39, 0.29) is 12.5 Å². The number of anilines is 1. The number of likely N-dealkylation sites (N-methyl/N-ethyl adjacent to an activating group) is 1. The maximum atomic E-state index is 12.4. The van der Waals surface area contributed by atoms with Gasteiger partial charge < -0.3 is 10.2 Å². The molecule has 24 heavy (non-hydrogen) atoms. The first-order valence-electron chi connectivity index (χ1n) is 7.89. The highest BCUT2D eigenvalue weighted by Crippen LogP contribution is 2.27. The Kier molecular flexibility index (Phi) is 5.29. The molecule has 0 bridgehead atoms. The Hall–Kier alpha value is -2.59. The number of thiophene rings is 1. The molecule has 0 spiro atoms. The Bertz CT molecular complexity index is 784. The third-order valence-corrected chi connectivity index (χ3v) is 4.70. The van der Waals surface area contributed by atoms with Gasteiger partial charge in [-0.1, -0.05) is 54.6 Å². The second kappa shape index (κ2) is 7.79. The molecule has 0 fully saturated rings. The summed E-state index contributed by atoms with van der Waals surface area (Å²) >= 11 is 1.67. The monoisotopic (exact) mass is 336 g/mol. The van der Waals surface area contributed by atoms with Gasteiger partial charge in [0.1, 0.15) is 0 Å². The second-order valence-electron chi connectivity index (χ2n) is 5.59. The molecule has 3 rings (SSSR count). The summed E-state index contributed by atoms with van der Waals surface area (Å²) in [6, 6.07) is 22.3. The quantitative estimate of drug-likeness (QED) is 0.719. The maximum absolute atomic E-state index is 12.4. The van der Waals surface area contributed by atoms with Crippen molar-refractivity contribution >= 4 is 22.9 Å². The van der Waals surface area contributed by atoms with Gasteiger partial charge in [-0.3, -0.25) is 4.79 Å². The molecule has 122 valence electrons. The lowest BCUT2D eigenvalue weighted by Crippen LogP contribution is -2.31. The summed E-state index contributed by atoms with van der Waals surface area (Å²) in [5.41, 5.74) is 3.22. The van der Waals surface area contributed by atoms with Crippen LogP contribution >= 0.6 is 11.3 Å². The predicted molar refractivity (Wildman–Crippen MR) is 101 cm³/mol. The average Bonchev–Trinajstić information content (AvgIpc) is 3.13. The van der Waals surface area contributed by atoms with Gasteiger partial charge in [0, 0.05) is 23.2 Å². The van der Waals surface area contributed by atoms with E-state index in [9.17, 15) is 4.79 Å². The molecular formula is C20H20N2OS. The number of hydrogen-bond acceptors (Lipinski definition) is 3. The van der Waals surface area contributed by atoms with Gasteiger partial charge in [-0.2, -0.15) is 0 Å². The summed E-state index contributed by atoms with van der Waals surface area (Å²) in [4.78, 5) is 15.3. The van der Waals surface area contributed by atoms with Crippen LogP contribution in [0.4, 0.5) is 5.69 Å². The molecule has 0 unspecified atom stereocenters. The van der Waals surface area contributed by atoms with Crippen molar-refractivity contribution < 1.29 is 4.79 Å². The summed E-state index contributed by atoms with van der Waals surface area (Å²) < 4.78 is 0. The van der Waals surface area contributed by atoms with Crippen LogP contribution in [0.25, 0.3) is 11.1 Å². The SMILES string of the molecule is CN(Cc1cccs1)C(=O)CNc1ccccc1-c1ccccc1. The van der Waals surface area contributed by atoms with Crippen molar-refractivity contribution in [2.24, 2.45) is 0 Å². The lowest BCUT2D eigenvalue weighted by atomic mass is 10.0. The molecule has 0 aliphatic carbocycles. The van der Waals surface area contributed by atoms with Crippen molar-refractivity contribution in [3.8, 4) is 11.1 Å². The van der Waals surface area contributed by atoms with Gasteiger partial charge in [0.15, 0.2) is 0 Å². The minimum absolute atomic E-state index is 0.0752. The summed E-state index contributed by atoms with van der Waals surface area (Å²) in [6.07, 6.45) is 0. The molecule has 1 amide bonds. The van der Waals surface area contributed by atoms with E-state index < -0.39 is 0 Å². The molecule has 0 saturated carbocycles. The third kappa shape index (κ3) is 4.03. The van der Waals surface area contributed by atoms with Crippen molar-refractivity contribution in [2.75, 3.05) is 18.9 Å². The van der Waals surface area contributed by atoms with Crippen molar-refractivity contribution in [3.63, 3.8) is 0 Å². The number of carbonyl (C=O) groups excluding carboxylic acids is 1. The van der Waals surface area contributed by atoms with Gasteiger partial charge in [0.25, 0.3) is 0 Å². The lowest BCUT2D eigenvalue weighted by molar-refractivity contribution is -0.128. The van der Waals surface area contributed by atoms with Crippen LogP contribution < -0.4 is 5.32 Å². The van der Waals surface area contributed by atoms with Crippen LogP contribution in [0.5, 0.6) is 0 Å². The summed E-state index contributed by atoms with van der Waals surface area (Å²) in [7, 11) is 1.84. The minimum atomic E-state index is 0.0752. The van der Waals surface area contributed by atoms with Gasteiger partial charge in [-0.15, -0.1) is 11.3 Å². The summed E-state index contributed by atoms with van der Waals surface area (Å²) in [5, 5.41) is 5.31. The Morgan fingerprint density at radius 3 is 2.50 bits per heavy atom. The van der Waals surface area contributed by atoms with E-state index in [0.717, 1.165) is 16.8 Å². The summed E-state index contributed by atoms with van der Waals surface area (Å²) in [6.45, 7) is 0.935. The normalized spacial score (nSPS) is 10.4. The largest absolute Gasteiger partial charge is 0.376 e. The fourth-order valence-corrected chi connectivity index (χ4v) is 3.29. The first kappa shape index (κ1) is 16.3. The molecule has 1 aromatic heterocycles. The molecule has 0 radical (unpaired) electrons. The van der Waals surface area contributed by atoms with Crippen molar-refractivity contribution in [3.05, 3.63) is 77.0 Å². The van der Waals surface area contributed by atoms with Gasteiger partial charge in [0.05, 0.1) is 13.1 Å². The van der Waals surface area contributed by atoms with E-state index in [1.165, 1.54) is 4.88 Å². The Labute approximate surface area is 146 Å². The van der Waals surface area contributed by atoms with E-state index in [1.54, 1.807) is 16.2 Å². The highest BCUT2D eigenvalue weighted by Gasteiger charge is 2.11. The second-order valence-corrected chi connectivity index (χ2v) is 6.63. The van der Waals surface area contributed by atoms with Crippen LogP contribution in [-0.2, 0) is 11.3 Å². The van der Waals surface area contributed by atoms with Crippen LogP contribution in [-0.4, -0.2) is 24.4 Å². The number of amides is 1. The fraction of sp³-hybridized carbons (Fsp3) is 0.150. The number of hydrogen-bond donors (Lipinski definition) is 1. The standard InChI is InChI=1S/C20H20N2OS/c1-22(15-17-10-7-13-24-17)20(23)14-21-19-12-6-5-11-18(19)16-8-3-2-4-9-16/h2-13,21H,14-15H2,1H3. The zero-order chi connectivity index (χ0) is 16.8. The third-order valence-electron chi connectivity index (χ3n) is 3.84. The molecule has 4 heteroatoms. The van der Waals surface area contributed by atoms with Crippen LogP contribution in [0.2, 0.25) is 0 Å². The van der Waals surface area contributed by atoms with Crippen LogP contribution in [0.3, 0.4) is 0 Å². The predicted octanol–water partition coefficient (Wildman–Crippen LogP) is 4.49. The first-order chi connectivity index (χ1) is 11.7. The molecular weight excluding hydrogens is 316 g/mol. The molecule has 1 N–H and O–H groups in total. The van der Waals surface area contributed by atoms with Crippen molar-refractivity contribution in [1.29, 1.82) is 0 Å². The van der Waals surface area contributed by atoms with Gasteiger partial charge >= 0.3 is 0 Å². The highest BCUT2D eigenvalue weighted by molar-refractivity contribution is 7.09. The van der Waals surface area contributed by atoms with E-state index in [0.29, 0.717) is 6.54 Å². The van der Waals surface area contributed by atoms with E-state index >= 15 is 0 Å². The number of para-hydroxylation sites is 1. The molecule has 1 heterocycles. The fourth-order valence-electron chi connectivity index (χ4n) is 2.54. The maximum Gasteiger partial charge on any atom is 0.241 e. The number of rotatable bonds is 6. The number of benzene rings is 2. The molecule has 0 aliphatic rings. The van der Waals surface area contributed by atoms with Crippen molar-refractivity contribution in [1.82, 2.24) is 4.90 Å². The average molecular weight is 336 g/mol.